The summed E-state index contributed by atoms with van der Waals surface area (Å²) in [7, 11) is 0. The number of halogens is 3. The first-order valence-corrected chi connectivity index (χ1v) is 3.98. The molecule has 0 fully saturated rings. The van der Waals surface area contributed by atoms with E-state index in [2.05, 4.69) is 19.1 Å². The van der Waals surface area contributed by atoms with E-state index in [1.165, 1.54) is 0 Å². The number of rotatable bonds is 0. The Bertz CT molecular complexity index is 261. The van der Waals surface area contributed by atoms with Gasteiger partial charge in [0.2, 0.25) is 0 Å². The summed E-state index contributed by atoms with van der Waals surface area (Å²) in [5.41, 5.74) is 1.07. The number of allylic oxidation sites excluding steroid dienone is 4. The van der Waals surface area contributed by atoms with Crippen LogP contribution in [-0.2, 0) is 18.6 Å². The zero-order valence-electron chi connectivity index (χ0n) is 8.61. The molecule has 0 spiro atoms. The smallest absolute Gasteiger partial charge is 0 e. The molecular weight excluding hydrogens is 301 g/mol. The van der Waals surface area contributed by atoms with Gasteiger partial charge in [0.25, 0.3) is 0 Å². The molecule has 0 N–H and O–H groups in total. The summed E-state index contributed by atoms with van der Waals surface area (Å²) in [6.45, 7) is 3.72. The van der Waals surface area contributed by atoms with Gasteiger partial charge in [0.05, 0.1) is 0 Å². The molecule has 0 nitrogen and oxygen atoms in total. The Kier molecular flexibility index (Phi) is 27.2. The summed E-state index contributed by atoms with van der Waals surface area (Å²) >= 11 is 0. The maximum atomic E-state index is 3.72. The average molecular weight is 314 g/mol. The normalized spacial score (nSPS) is 9.25. The fraction of sp³-hybridized carbons (Fsp3) is 0.0833. The van der Waals surface area contributed by atoms with E-state index in [1.54, 1.807) is 0 Å². The van der Waals surface area contributed by atoms with Crippen molar-refractivity contribution in [1.29, 1.82) is 0 Å². The molecule has 4 heteroatoms. The van der Waals surface area contributed by atoms with Crippen molar-refractivity contribution in [1.82, 2.24) is 0 Å². The Balaban J connectivity index is -0.0000000739. The molecule has 0 unspecified atom stereocenters. The van der Waals surface area contributed by atoms with Gasteiger partial charge in [-0.15, -0.1) is 18.6 Å². The van der Waals surface area contributed by atoms with Crippen molar-refractivity contribution < 1.29 is 55.8 Å². The van der Waals surface area contributed by atoms with Crippen molar-refractivity contribution in [3.63, 3.8) is 0 Å². The Morgan fingerprint density at radius 1 is 1.00 bits per heavy atom. The van der Waals surface area contributed by atoms with E-state index in [0.717, 1.165) is 12.0 Å². The van der Waals surface area contributed by atoms with Crippen LogP contribution in [0.2, 0.25) is 0 Å². The minimum atomic E-state index is 0. The molecule has 1 radical (unpaired) electrons. The second kappa shape index (κ2) is 17.4. The zero-order chi connectivity index (χ0) is 8.65. The standard InChI is InChI=1S/C7H7.C5H5.3ClH.V/c1-7-5-3-2-4-6-7;1-2-4-5-3-1;;;;/h2-6H,1H2;1-3H,4H2;3*1H;/q2*-1;;;;/p-3. The molecule has 0 aliphatic heterocycles. The number of benzene rings is 1. The first-order chi connectivity index (χ1) is 5.89. The van der Waals surface area contributed by atoms with E-state index in [0.29, 0.717) is 0 Å². The topological polar surface area (TPSA) is 0 Å². The van der Waals surface area contributed by atoms with E-state index in [-0.39, 0.29) is 55.8 Å². The molecule has 0 aromatic heterocycles. The summed E-state index contributed by atoms with van der Waals surface area (Å²) in [5.74, 6) is 0. The van der Waals surface area contributed by atoms with Crippen LogP contribution >= 0.6 is 0 Å². The van der Waals surface area contributed by atoms with Gasteiger partial charge in [-0.2, -0.15) is 30.7 Å². The Morgan fingerprint density at radius 3 is 1.75 bits per heavy atom. The summed E-state index contributed by atoms with van der Waals surface area (Å²) in [5, 5.41) is 0. The molecule has 1 aliphatic carbocycles. The van der Waals surface area contributed by atoms with E-state index < -0.39 is 0 Å². The van der Waals surface area contributed by atoms with E-state index in [1.807, 2.05) is 42.5 Å². The van der Waals surface area contributed by atoms with Gasteiger partial charge >= 0.3 is 0 Å². The van der Waals surface area contributed by atoms with Crippen LogP contribution in [0.5, 0.6) is 0 Å². The van der Waals surface area contributed by atoms with Crippen LogP contribution in [0.3, 0.4) is 0 Å². The third kappa shape index (κ3) is 14.0. The maximum absolute atomic E-state index is 3.72. The molecule has 0 heterocycles. The van der Waals surface area contributed by atoms with Crippen molar-refractivity contribution in [3.8, 4) is 0 Å². The first-order valence-electron chi connectivity index (χ1n) is 3.98. The van der Waals surface area contributed by atoms with Gasteiger partial charge in [0, 0.05) is 18.6 Å². The monoisotopic (exact) mass is 312 g/mol. The second-order valence-corrected chi connectivity index (χ2v) is 2.49. The van der Waals surface area contributed by atoms with Crippen LogP contribution in [0.25, 0.3) is 0 Å². The predicted octanol–water partition coefficient (Wildman–Crippen LogP) is -5.82. The van der Waals surface area contributed by atoms with Crippen molar-refractivity contribution in [3.05, 3.63) is 67.1 Å². The summed E-state index contributed by atoms with van der Waals surface area (Å²) < 4.78 is 0. The minimum Gasteiger partial charge on any atom is -1.00 e. The third-order valence-corrected chi connectivity index (χ3v) is 1.43. The van der Waals surface area contributed by atoms with Crippen molar-refractivity contribution in [2.45, 2.75) is 6.42 Å². The minimum absolute atomic E-state index is 0. The molecule has 0 amide bonds. The Hall–Kier alpha value is 0.0244. The van der Waals surface area contributed by atoms with E-state index in [9.17, 15) is 0 Å². The first kappa shape index (κ1) is 25.0. The van der Waals surface area contributed by atoms with Crippen LogP contribution < -0.4 is 37.2 Å². The summed E-state index contributed by atoms with van der Waals surface area (Å²) in [6.07, 6.45) is 10.0. The molecule has 1 aromatic rings. The molecule has 0 saturated carbocycles. The molecule has 0 bridgehead atoms. The SMILES string of the molecule is [C-]1=CC=CC1.[CH2-]c1ccccc1.[Cl-].[Cl-].[Cl-].[V]. The fourth-order valence-electron chi connectivity index (χ4n) is 0.818. The molecule has 0 saturated heterocycles. The Morgan fingerprint density at radius 2 is 1.56 bits per heavy atom. The largest absolute Gasteiger partial charge is 1.00 e. The van der Waals surface area contributed by atoms with E-state index in [4.69, 9.17) is 0 Å². The fourth-order valence-corrected chi connectivity index (χ4v) is 0.818. The molecule has 16 heavy (non-hydrogen) atoms. The van der Waals surface area contributed by atoms with Crippen molar-refractivity contribution in [2.75, 3.05) is 0 Å². The van der Waals surface area contributed by atoms with Gasteiger partial charge in [-0.25, -0.2) is 12.2 Å². The molecule has 1 aliphatic rings. The number of hydrogen-bond donors (Lipinski definition) is 0. The molecule has 91 valence electrons. The van der Waals surface area contributed by atoms with Gasteiger partial charge in [-0.3, -0.25) is 6.08 Å². The van der Waals surface area contributed by atoms with Crippen LogP contribution in [0, 0.1) is 13.0 Å². The van der Waals surface area contributed by atoms with Crippen LogP contribution in [0.4, 0.5) is 0 Å². The van der Waals surface area contributed by atoms with Gasteiger partial charge in [0.15, 0.2) is 0 Å². The summed E-state index contributed by atoms with van der Waals surface area (Å²) in [6, 6.07) is 9.87. The zero-order valence-corrected chi connectivity index (χ0v) is 12.3. The van der Waals surface area contributed by atoms with Crippen LogP contribution in [0.15, 0.2) is 48.6 Å². The molecule has 0 atom stereocenters. The molecule has 1 aromatic carbocycles. The molecular formula is C12H12Cl3V-5. The van der Waals surface area contributed by atoms with Gasteiger partial charge in [-0.05, 0) is 0 Å². The number of hydrogen-bond acceptors (Lipinski definition) is 0. The van der Waals surface area contributed by atoms with Crippen LogP contribution in [0.1, 0.15) is 12.0 Å². The van der Waals surface area contributed by atoms with Crippen LogP contribution in [-0.4, -0.2) is 0 Å². The quantitative estimate of drug-likeness (QED) is 0.419. The van der Waals surface area contributed by atoms with Gasteiger partial charge in [-0.1, -0.05) is 6.07 Å². The molecule has 2 rings (SSSR count). The van der Waals surface area contributed by atoms with E-state index >= 15 is 0 Å². The summed E-state index contributed by atoms with van der Waals surface area (Å²) in [4.78, 5) is 0. The average Bonchev–Trinajstić information content (AvgIpc) is 2.62. The van der Waals surface area contributed by atoms with Gasteiger partial charge in [0.1, 0.15) is 0 Å². The Labute approximate surface area is 129 Å². The second-order valence-electron chi connectivity index (χ2n) is 2.49. The maximum Gasteiger partial charge on any atom is 0 e. The third-order valence-electron chi connectivity index (χ3n) is 1.43. The van der Waals surface area contributed by atoms with Crippen molar-refractivity contribution in [2.24, 2.45) is 0 Å². The predicted molar refractivity (Wildman–Crippen MR) is 52.5 cm³/mol. The van der Waals surface area contributed by atoms with Crippen molar-refractivity contribution >= 4 is 0 Å². The van der Waals surface area contributed by atoms with Gasteiger partial charge < -0.3 is 37.2 Å².